The van der Waals surface area contributed by atoms with Gasteiger partial charge in [0.25, 0.3) is 0 Å². The smallest absolute Gasteiger partial charge is 0.407 e. The van der Waals surface area contributed by atoms with Crippen molar-refractivity contribution in [2.75, 3.05) is 31.5 Å². The number of anilines is 1. The summed E-state index contributed by atoms with van der Waals surface area (Å²) in [5.74, 6) is 0.540. The Morgan fingerprint density at radius 2 is 1.90 bits per heavy atom. The summed E-state index contributed by atoms with van der Waals surface area (Å²) in [4.78, 5) is 26.5. The quantitative estimate of drug-likeness (QED) is 0.642. The Morgan fingerprint density at radius 3 is 2.55 bits per heavy atom. The van der Waals surface area contributed by atoms with Crippen molar-refractivity contribution in [2.45, 2.75) is 59.1 Å². The Morgan fingerprint density at radius 1 is 1.17 bits per heavy atom. The number of hydrogen-bond acceptors (Lipinski definition) is 4. The van der Waals surface area contributed by atoms with Crippen LogP contribution in [0.4, 0.5) is 15.3 Å². The van der Waals surface area contributed by atoms with Gasteiger partial charge in [0, 0.05) is 18.8 Å². The number of alkyl carbamates (subject to hydrolysis) is 1. The van der Waals surface area contributed by atoms with E-state index in [1.54, 1.807) is 0 Å². The first-order valence-corrected chi connectivity index (χ1v) is 10.6. The van der Waals surface area contributed by atoms with Gasteiger partial charge in [-0.2, -0.15) is 0 Å². The summed E-state index contributed by atoms with van der Waals surface area (Å²) in [6, 6.07) is 7.23. The highest BCUT2D eigenvalue weighted by atomic mass is 16.6. The van der Waals surface area contributed by atoms with E-state index in [9.17, 15) is 9.59 Å². The van der Waals surface area contributed by atoms with E-state index in [4.69, 9.17) is 4.74 Å². The number of likely N-dealkylation sites (tertiary alicyclic amines) is 1. The summed E-state index contributed by atoms with van der Waals surface area (Å²) in [5.41, 5.74) is 1.05. The molecule has 0 unspecified atom stereocenters. The number of rotatable bonds is 7. The molecule has 1 saturated heterocycles. The van der Waals surface area contributed by atoms with Crippen LogP contribution in [0, 0.1) is 5.92 Å². The third-order valence-electron chi connectivity index (χ3n) is 4.82. The molecule has 0 aliphatic carbocycles. The zero-order valence-corrected chi connectivity index (χ0v) is 18.2. The third-order valence-corrected chi connectivity index (χ3v) is 4.82. The summed E-state index contributed by atoms with van der Waals surface area (Å²) in [6.07, 6.45) is 2.99. The molecule has 0 bridgehead atoms. The Kier molecular flexibility index (Phi) is 8.76. The first-order valence-electron chi connectivity index (χ1n) is 10.6. The zero-order chi connectivity index (χ0) is 21.3. The molecule has 1 aliphatic rings. The summed E-state index contributed by atoms with van der Waals surface area (Å²) in [6.45, 7) is 12.1. The van der Waals surface area contributed by atoms with Gasteiger partial charge in [0.15, 0.2) is 0 Å². The van der Waals surface area contributed by atoms with E-state index < -0.39 is 11.7 Å². The summed E-state index contributed by atoms with van der Waals surface area (Å²) in [5, 5.41) is 8.58. The highest BCUT2D eigenvalue weighted by Gasteiger charge is 2.19. The minimum Gasteiger partial charge on any atom is -0.444 e. The number of benzene rings is 1. The number of ether oxygens (including phenoxy) is 1. The maximum absolute atomic E-state index is 12.2. The summed E-state index contributed by atoms with van der Waals surface area (Å²) in [7, 11) is 0. The van der Waals surface area contributed by atoms with Gasteiger partial charge in [-0.3, -0.25) is 0 Å². The highest BCUT2D eigenvalue weighted by molar-refractivity contribution is 5.89. The van der Waals surface area contributed by atoms with E-state index >= 15 is 0 Å². The molecule has 0 radical (unpaired) electrons. The van der Waals surface area contributed by atoms with Crippen LogP contribution in [-0.4, -0.2) is 48.8 Å². The van der Waals surface area contributed by atoms with E-state index in [1.165, 1.54) is 13.0 Å². The number of nitrogens with one attached hydrogen (secondary N) is 3. The number of amides is 3. The fourth-order valence-corrected chi connectivity index (χ4v) is 3.39. The van der Waals surface area contributed by atoms with E-state index in [1.807, 2.05) is 45.0 Å². The molecule has 0 aromatic heterocycles. The van der Waals surface area contributed by atoms with Crippen molar-refractivity contribution in [1.29, 1.82) is 0 Å². The van der Waals surface area contributed by atoms with Crippen molar-refractivity contribution in [3.05, 3.63) is 29.8 Å². The molecule has 2 rings (SSSR count). The SMILES string of the molecule is CCCN1CCC(CNC(=O)Nc2cccc(CNC(=O)OC(C)(C)C)c2)CC1. The van der Waals surface area contributed by atoms with Crippen molar-refractivity contribution in [3.63, 3.8) is 0 Å². The second kappa shape index (κ2) is 11.0. The molecule has 7 heteroatoms. The van der Waals surface area contributed by atoms with Crippen molar-refractivity contribution >= 4 is 17.8 Å². The van der Waals surface area contributed by atoms with E-state index in [0.29, 0.717) is 24.7 Å². The molecular formula is C22H36N4O3. The van der Waals surface area contributed by atoms with Crippen molar-refractivity contribution in [2.24, 2.45) is 5.92 Å². The van der Waals surface area contributed by atoms with Crippen molar-refractivity contribution in [3.8, 4) is 0 Å². The van der Waals surface area contributed by atoms with E-state index in [2.05, 4.69) is 27.8 Å². The lowest BCUT2D eigenvalue weighted by molar-refractivity contribution is 0.0523. The second-order valence-corrected chi connectivity index (χ2v) is 8.68. The van der Waals surface area contributed by atoms with Crippen molar-refractivity contribution in [1.82, 2.24) is 15.5 Å². The minimum atomic E-state index is -0.530. The van der Waals surface area contributed by atoms with Crippen LogP contribution < -0.4 is 16.0 Å². The molecular weight excluding hydrogens is 368 g/mol. The van der Waals surface area contributed by atoms with Gasteiger partial charge in [-0.05, 0) is 83.3 Å². The lowest BCUT2D eigenvalue weighted by Gasteiger charge is -2.31. The zero-order valence-electron chi connectivity index (χ0n) is 18.2. The lowest BCUT2D eigenvalue weighted by atomic mass is 9.97. The number of urea groups is 1. The van der Waals surface area contributed by atoms with E-state index in [-0.39, 0.29) is 6.03 Å². The summed E-state index contributed by atoms with van der Waals surface area (Å²) >= 11 is 0. The lowest BCUT2D eigenvalue weighted by Crippen LogP contribution is -2.40. The van der Waals surface area contributed by atoms with Gasteiger partial charge in [-0.25, -0.2) is 9.59 Å². The number of carbonyl (C=O) groups is 2. The number of carbonyl (C=O) groups excluding carboxylic acids is 2. The number of hydrogen-bond donors (Lipinski definition) is 3. The average Bonchev–Trinajstić information content (AvgIpc) is 2.65. The van der Waals surface area contributed by atoms with Gasteiger partial charge < -0.3 is 25.6 Å². The molecule has 1 aromatic rings. The van der Waals surface area contributed by atoms with Crippen molar-refractivity contribution < 1.29 is 14.3 Å². The van der Waals surface area contributed by atoms with Crippen LogP contribution in [0.15, 0.2) is 24.3 Å². The normalized spacial score (nSPS) is 15.6. The van der Waals surface area contributed by atoms with Gasteiger partial charge in [-0.1, -0.05) is 19.1 Å². The molecule has 162 valence electrons. The fourth-order valence-electron chi connectivity index (χ4n) is 3.39. The van der Waals surface area contributed by atoms with Crippen LogP contribution in [0.3, 0.4) is 0 Å². The number of piperidine rings is 1. The molecule has 1 heterocycles. The molecule has 3 amide bonds. The fraction of sp³-hybridized carbons (Fsp3) is 0.636. The second-order valence-electron chi connectivity index (χ2n) is 8.68. The van der Waals surface area contributed by atoms with Gasteiger partial charge in [0.2, 0.25) is 0 Å². The molecule has 0 atom stereocenters. The maximum Gasteiger partial charge on any atom is 0.407 e. The van der Waals surface area contributed by atoms with Gasteiger partial charge in [0.05, 0.1) is 0 Å². The van der Waals surface area contributed by atoms with Crippen LogP contribution >= 0.6 is 0 Å². The van der Waals surface area contributed by atoms with Crippen LogP contribution in [-0.2, 0) is 11.3 Å². The van der Waals surface area contributed by atoms with E-state index in [0.717, 1.165) is 31.5 Å². The maximum atomic E-state index is 12.2. The van der Waals surface area contributed by atoms with Gasteiger partial charge in [-0.15, -0.1) is 0 Å². The Hall–Kier alpha value is -2.28. The molecule has 7 nitrogen and oxygen atoms in total. The van der Waals surface area contributed by atoms with Crippen LogP contribution in [0.5, 0.6) is 0 Å². The highest BCUT2D eigenvalue weighted by Crippen LogP contribution is 2.17. The first kappa shape index (κ1) is 23.0. The van der Waals surface area contributed by atoms with Crippen LogP contribution in [0.2, 0.25) is 0 Å². The molecule has 1 aromatic carbocycles. The molecule has 0 spiro atoms. The largest absolute Gasteiger partial charge is 0.444 e. The third kappa shape index (κ3) is 9.17. The predicted octanol–water partition coefficient (Wildman–Crippen LogP) is 3.95. The molecule has 1 aliphatic heterocycles. The molecule has 29 heavy (non-hydrogen) atoms. The first-order chi connectivity index (χ1) is 13.7. The van der Waals surface area contributed by atoms with Gasteiger partial charge >= 0.3 is 12.1 Å². The Labute approximate surface area is 174 Å². The molecule has 1 fully saturated rings. The Balaban J connectivity index is 1.72. The predicted molar refractivity (Wildman–Crippen MR) is 116 cm³/mol. The summed E-state index contributed by atoms with van der Waals surface area (Å²) < 4.78 is 5.23. The number of nitrogens with zero attached hydrogens (tertiary/aromatic N) is 1. The average molecular weight is 405 g/mol. The molecule has 0 saturated carbocycles. The van der Waals surface area contributed by atoms with Crippen LogP contribution in [0.1, 0.15) is 52.5 Å². The van der Waals surface area contributed by atoms with Crippen LogP contribution in [0.25, 0.3) is 0 Å². The molecule has 3 N–H and O–H groups in total. The Bertz CT molecular complexity index is 664. The van der Waals surface area contributed by atoms with Gasteiger partial charge in [0.1, 0.15) is 5.60 Å². The monoisotopic (exact) mass is 404 g/mol. The standard InChI is InChI=1S/C22H36N4O3/c1-5-11-26-12-9-17(10-13-26)15-23-20(27)25-19-8-6-7-18(14-19)16-24-21(28)29-22(2,3)4/h6-8,14,17H,5,9-13,15-16H2,1-4H3,(H,24,28)(H2,23,25,27). The topological polar surface area (TPSA) is 82.7 Å². The minimum absolute atomic E-state index is 0.196.